The van der Waals surface area contributed by atoms with Gasteiger partial charge < -0.3 is 10.6 Å². The van der Waals surface area contributed by atoms with Gasteiger partial charge in [0.15, 0.2) is 5.78 Å². The Morgan fingerprint density at radius 1 is 1.12 bits per heavy atom. The summed E-state index contributed by atoms with van der Waals surface area (Å²) in [5.74, 6) is -0.535. The molecule has 4 nitrogen and oxygen atoms in total. The highest BCUT2D eigenvalue weighted by Gasteiger charge is 2.06. The Morgan fingerprint density at radius 2 is 1.80 bits per heavy atom. The second-order valence-electron chi connectivity index (χ2n) is 5.70. The number of ketones is 1. The lowest BCUT2D eigenvalue weighted by Crippen LogP contribution is -2.34. The van der Waals surface area contributed by atoms with Crippen molar-refractivity contribution < 1.29 is 14.0 Å². The molecule has 2 N–H and O–H groups in total. The monoisotopic (exact) mass is 404 g/mol. The summed E-state index contributed by atoms with van der Waals surface area (Å²) in [6.07, 6.45) is 3.04. The van der Waals surface area contributed by atoms with E-state index < -0.39 is 0 Å². The molecule has 0 aliphatic rings. The van der Waals surface area contributed by atoms with Crippen LogP contribution < -0.4 is 10.6 Å². The van der Waals surface area contributed by atoms with Crippen molar-refractivity contribution in [2.75, 3.05) is 5.32 Å². The second kappa shape index (κ2) is 8.58. The maximum atomic E-state index is 13.2. The van der Waals surface area contributed by atoms with Gasteiger partial charge in [0.05, 0.1) is 4.47 Å². The molecule has 2 aromatic rings. The fraction of sp³-hybridized carbons (Fsp3) is 0.158. The first kappa shape index (κ1) is 18.9. The fourth-order valence-corrected chi connectivity index (χ4v) is 2.43. The smallest absolute Gasteiger partial charge is 0.319 e. The van der Waals surface area contributed by atoms with E-state index in [9.17, 15) is 14.0 Å². The minimum Gasteiger partial charge on any atom is -0.336 e. The van der Waals surface area contributed by atoms with Crippen LogP contribution in [0.1, 0.15) is 29.8 Å². The zero-order valence-electron chi connectivity index (χ0n) is 13.8. The molecule has 0 saturated carbocycles. The van der Waals surface area contributed by atoms with Crippen LogP contribution in [0.3, 0.4) is 0 Å². The summed E-state index contributed by atoms with van der Waals surface area (Å²) in [5.41, 5.74) is 1.80. The van der Waals surface area contributed by atoms with E-state index in [1.54, 1.807) is 42.5 Å². The Kier molecular flexibility index (Phi) is 6.47. The third kappa shape index (κ3) is 5.83. The van der Waals surface area contributed by atoms with Gasteiger partial charge in [-0.15, -0.1) is 0 Å². The first-order chi connectivity index (χ1) is 11.8. The zero-order chi connectivity index (χ0) is 18.4. The van der Waals surface area contributed by atoms with Gasteiger partial charge in [0.2, 0.25) is 0 Å². The van der Waals surface area contributed by atoms with E-state index in [0.29, 0.717) is 21.3 Å². The molecular weight excluding hydrogens is 387 g/mol. The predicted octanol–water partition coefficient (Wildman–Crippen LogP) is 5.01. The molecule has 130 valence electrons. The van der Waals surface area contributed by atoms with Crippen molar-refractivity contribution in [3.8, 4) is 0 Å². The number of carbonyl (C=O) groups excluding carboxylic acids is 2. The fourth-order valence-electron chi connectivity index (χ4n) is 2.03. The van der Waals surface area contributed by atoms with Crippen molar-refractivity contribution in [1.82, 2.24) is 5.32 Å². The van der Waals surface area contributed by atoms with Crippen LogP contribution in [0.25, 0.3) is 6.08 Å². The van der Waals surface area contributed by atoms with Crippen LogP contribution in [-0.4, -0.2) is 17.9 Å². The van der Waals surface area contributed by atoms with Crippen molar-refractivity contribution in [2.45, 2.75) is 19.9 Å². The number of nitrogens with one attached hydrogen (secondary N) is 2. The Bertz CT molecular complexity index is 802. The number of benzene rings is 2. The van der Waals surface area contributed by atoms with E-state index in [-0.39, 0.29) is 23.7 Å². The van der Waals surface area contributed by atoms with Crippen molar-refractivity contribution >= 4 is 39.5 Å². The first-order valence-electron chi connectivity index (χ1n) is 7.70. The molecular formula is C19H18BrFN2O2. The lowest BCUT2D eigenvalue weighted by Gasteiger charge is -2.10. The van der Waals surface area contributed by atoms with E-state index in [1.807, 2.05) is 13.8 Å². The Hall–Kier alpha value is -2.47. The van der Waals surface area contributed by atoms with Crippen LogP contribution in [0, 0.1) is 5.82 Å². The molecule has 0 aromatic heterocycles. The maximum absolute atomic E-state index is 13.2. The molecule has 25 heavy (non-hydrogen) atoms. The number of rotatable bonds is 5. The molecule has 0 fully saturated rings. The molecule has 0 unspecified atom stereocenters. The summed E-state index contributed by atoms with van der Waals surface area (Å²) < 4.78 is 13.5. The van der Waals surface area contributed by atoms with Crippen LogP contribution in [0.5, 0.6) is 0 Å². The normalized spacial score (nSPS) is 10.9. The summed E-state index contributed by atoms with van der Waals surface area (Å²) >= 11 is 3.11. The van der Waals surface area contributed by atoms with Gasteiger partial charge in [0.25, 0.3) is 0 Å². The van der Waals surface area contributed by atoms with E-state index in [0.717, 1.165) is 0 Å². The van der Waals surface area contributed by atoms with E-state index in [2.05, 4.69) is 26.6 Å². The van der Waals surface area contributed by atoms with Crippen molar-refractivity contribution in [3.05, 3.63) is 70.0 Å². The summed E-state index contributed by atoms with van der Waals surface area (Å²) in [6.45, 7) is 3.74. The Morgan fingerprint density at radius 3 is 2.40 bits per heavy atom. The highest BCUT2D eigenvalue weighted by atomic mass is 79.9. The maximum Gasteiger partial charge on any atom is 0.319 e. The average molecular weight is 405 g/mol. The summed E-state index contributed by atoms with van der Waals surface area (Å²) in [4.78, 5) is 23.8. The molecule has 0 saturated heterocycles. The van der Waals surface area contributed by atoms with E-state index >= 15 is 0 Å². The minimum atomic E-state index is -0.354. The number of allylic oxidation sites excluding steroid dienone is 1. The van der Waals surface area contributed by atoms with Crippen LogP contribution in [0.4, 0.5) is 14.9 Å². The SMILES string of the molecule is CC(C)NC(=O)Nc1ccc(C(=O)/C=C/c2ccc(F)c(Br)c2)cc1. The third-order valence-corrected chi connectivity index (χ3v) is 3.83. The lowest BCUT2D eigenvalue weighted by molar-refractivity contribution is 0.104. The number of carbonyl (C=O) groups is 2. The molecule has 0 spiro atoms. The summed E-state index contributed by atoms with van der Waals surface area (Å²) in [5, 5.41) is 5.41. The first-order valence-corrected chi connectivity index (χ1v) is 8.49. The van der Waals surface area contributed by atoms with Crippen LogP contribution in [0.15, 0.2) is 53.0 Å². The van der Waals surface area contributed by atoms with Gasteiger partial charge >= 0.3 is 6.03 Å². The molecule has 0 heterocycles. The number of anilines is 1. The Labute approximate surface area is 154 Å². The van der Waals surface area contributed by atoms with Gasteiger partial charge in [-0.25, -0.2) is 9.18 Å². The number of amides is 2. The predicted molar refractivity (Wildman–Crippen MR) is 101 cm³/mol. The van der Waals surface area contributed by atoms with Gasteiger partial charge in [0, 0.05) is 17.3 Å². The number of halogens is 2. The molecule has 0 aliphatic heterocycles. The molecule has 0 aliphatic carbocycles. The van der Waals surface area contributed by atoms with Gasteiger partial charge in [-0.2, -0.15) is 0 Å². The number of hydrogen-bond acceptors (Lipinski definition) is 2. The minimum absolute atomic E-state index is 0.0393. The van der Waals surface area contributed by atoms with Gasteiger partial charge in [-0.05, 0) is 77.8 Å². The van der Waals surface area contributed by atoms with Crippen molar-refractivity contribution in [3.63, 3.8) is 0 Å². The van der Waals surface area contributed by atoms with Crippen molar-refractivity contribution in [2.24, 2.45) is 0 Å². The topological polar surface area (TPSA) is 58.2 Å². The second-order valence-corrected chi connectivity index (χ2v) is 6.56. The highest BCUT2D eigenvalue weighted by molar-refractivity contribution is 9.10. The van der Waals surface area contributed by atoms with Crippen LogP contribution in [0.2, 0.25) is 0 Å². The molecule has 2 aromatic carbocycles. The number of urea groups is 1. The van der Waals surface area contributed by atoms with Crippen molar-refractivity contribution in [1.29, 1.82) is 0 Å². The van der Waals surface area contributed by atoms with Crippen LogP contribution >= 0.6 is 15.9 Å². The van der Waals surface area contributed by atoms with Gasteiger partial charge in [-0.1, -0.05) is 12.1 Å². The van der Waals surface area contributed by atoms with E-state index in [1.165, 1.54) is 12.1 Å². The molecule has 2 amide bonds. The highest BCUT2D eigenvalue weighted by Crippen LogP contribution is 2.18. The van der Waals surface area contributed by atoms with Gasteiger partial charge in [0.1, 0.15) is 5.82 Å². The third-order valence-electron chi connectivity index (χ3n) is 3.22. The molecule has 0 atom stereocenters. The standard InChI is InChI=1S/C19H18BrFN2O2/c1-12(2)22-19(25)23-15-7-5-14(6-8-15)18(24)10-4-13-3-9-17(21)16(20)11-13/h3-12H,1-2H3,(H2,22,23,25)/b10-4+. The lowest BCUT2D eigenvalue weighted by atomic mass is 10.1. The average Bonchev–Trinajstić information content (AvgIpc) is 2.55. The molecule has 0 bridgehead atoms. The zero-order valence-corrected chi connectivity index (χ0v) is 15.4. The van der Waals surface area contributed by atoms with Gasteiger partial charge in [-0.3, -0.25) is 4.79 Å². The molecule has 6 heteroatoms. The quantitative estimate of drug-likeness (QED) is 0.543. The summed E-state index contributed by atoms with van der Waals surface area (Å²) in [7, 11) is 0. The summed E-state index contributed by atoms with van der Waals surface area (Å²) in [6, 6.07) is 10.9. The van der Waals surface area contributed by atoms with E-state index in [4.69, 9.17) is 0 Å². The Balaban J connectivity index is 2.01. The van der Waals surface area contributed by atoms with Crippen LogP contribution in [-0.2, 0) is 0 Å². The molecule has 0 radical (unpaired) electrons. The number of hydrogen-bond donors (Lipinski definition) is 2. The molecule has 2 rings (SSSR count). The largest absolute Gasteiger partial charge is 0.336 e.